The van der Waals surface area contributed by atoms with E-state index >= 15 is 0 Å². The fraction of sp³-hybridized carbons (Fsp3) is 0.344. The predicted octanol–water partition coefficient (Wildman–Crippen LogP) is 5.14. The van der Waals surface area contributed by atoms with Crippen molar-refractivity contribution in [3.8, 4) is 16.9 Å². The number of fused-ring (bicyclic) bond motifs is 1. The molecule has 0 aliphatic carbocycles. The van der Waals surface area contributed by atoms with Gasteiger partial charge in [0.15, 0.2) is 11.6 Å². The minimum atomic E-state index is -3.90. The van der Waals surface area contributed by atoms with E-state index in [1.807, 2.05) is 12.1 Å². The van der Waals surface area contributed by atoms with Gasteiger partial charge in [-0.15, -0.1) is 0 Å². The molecule has 43 heavy (non-hydrogen) atoms. The van der Waals surface area contributed by atoms with Crippen molar-refractivity contribution in [1.29, 1.82) is 0 Å². The van der Waals surface area contributed by atoms with Crippen LogP contribution in [0.15, 0.2) is 65.6 Å². The Balaban J connectivity index is 1.48. The quantitative estimate of drug-likeness (QED) is 0.243. The molecule has 0 spiro atoms. The van der Waals surface area contributed by atoms with Crippen LogP contribution in [0, 0.1) is 5.82 Å². The van der Waals surface area contributed by atoms with Gasteiger partial charge in [0, 0.05) is 48.3 Å². The maximum absolute atomic E-state index is 14.8. The second kappa shape index (κ2) is 12.4. The number of aromatic amines is 1. The van der Waals surface area contributed by atoms with Crippen molar-refractivity contribution >= 4 is 32.5 Å². The van der Waals surface area contributed by atoms with Crippen molar-refractivity contribution in [2.24, 2.45) is 0 Å². The zero-order valence-electron chi connectivity index (χ0n) is 24.8. The molecule has 1 aromatic heterocycles. The van der Waals surface area contributed by atoms with Gasteiger partial charge in [0.05, 0.1) is 25.2 Å². The van der Waals surface area contributed by atoms with Gasteiger partial charge < -0.3 is 19.8 Å². The van der Waals surface area contributed by atoms with Gasteiger partial charge in [-0.3, -0.25) is 14.4 Å². The van der Waals surface area contributed by atoms with Crippen molar-refractivity contribution in [3.05, 3.63) is 77.7 Å². The Hall–Kier alpha value is -3.93. The molecular weight excluding hydrogens is 571 g/mol. The molecule has 0 unspecified atom stereocenters. The number of carbonyl (C=O) groups excluding carboxylic acids is 1. The van der Waals surface area contributed by atoms with Gasteiger partial charge in [-0.25, -0.2) is 12.8 Å². The number of carbonyl (C=O) groups is 1. The average Bonchev–Trinajstić information content (AvgIpc) is 3.36. The number of ether oxygens (including phenoxy) is 2. The highest BCUT2D eigenvalue weighted by atomic mass is 32.2. The maximum Gasteiger partial charge on any atom is 0.268 e. The summed E-state index contributed by atoms with van der Waals surface area (Å²) in [5, 5.41) is 3.52. The van der Waals surface area contributed by atoms with Gasteiger partial charge in [0.25, 0.3) is 15.9 Å². The molecular formula is C32H37FN4O5S. The molecule has 0 radical (unpaired) electrons. The van der Waals surface area contributed by atoms with Crippen LogP contribution in [0.25, 0.3) is 22.0 Å². The Morgan fingerprint density at radius 1 is 1.05 bits per heavy atom. The molecule has 1 aliphatic rings. The fourth-order valence-corrected chi connectivity index (χ4v) is 6.19. The maximum atomic E-state index is 14.8. The highest BCUT2D eigenvalue weighted by molar-refractivity contribution is 7.92. The number of amides is 1. The molecule has 0 bridgehead atoms. The van der Waals surface area contributed by atoms with Gasteiger partial charge in [0.1, 0.15) is 5.69 Å². The number of aromatic nitrogens is 1. The van der Waals surface area contributed by atoms with Crippen LogP contribution in [0.5, 0.6) is 5.75 Å². The second-order valence-corrected chi connectivity index (χ2v) is 13.3. The number of sulfonamides is 1. The van der Waals surface area contributed by atoms with Crippen molar-refractivity contribution in [2.45, 2.75) is 31.1 Å². The number of morpholine rings is 1. The van der Waals surface area contributed by atoms with E-state index in [2.05, 4.69) is 40.7 Å². The van der Waals surface area contributed by atoms with Gasteiger partial charge in [-0.2, -0.15) is 0 Å². The van der Waals surface area contributed by atoms with Gasteiger partial charge in [0.2, 0.25) is 0 Å². The molecule has 0 atom stereocenters. The second-order valence-electron chi connectivity index (χ2n) is 11.6. The number of halogens is 1. The van der Waals surface area contributed by atoms with E-state index in [0.717, 1.165) is 18.7 Å². The number of methoxy groups -OCH3 is 1. The van der Waals surface area contributed by atoms with E-state index in [-0.39, 0.29) is 27.7 Å². The minimum Gasteiger partial charge on any atom is -0.494 e. The lowest BCUT2D eigenvalue weighted by atomic mass is 9.87. The van der Waals surface area contributed by atoms with E-state index in [1.165, 1.54) is 19.2 Å². The highest BCUT2D eigenvalue weighted by Crippen LogP contribution is 2.36. The lowest BCUT2D eigenvalue weighted by Gasteiger charge is -2.26. The molecule has 5 rings (SSSR count). The molecule has 1 saturated heterocycles. The van der Waals surface area contributed by atoms with Gasteiger partial charge in [-0.1, -0.05) is 39.0 Å². The van der Waals surface area contributed by atoms with E-state index in [0.29, 0.717) is 54.0 Å². The summed E-state index contributed by atoms with van der Waals surface area (Å²) in [7, 11) is -2.52. The molecule has 4 aromatic rings. The summed E-state index contributed by atoms with van der Waals surface area (Å²) in [6.45, 7) is 10.2. The van der Waals surface area contributed by atoms with Crippen LogP contribution < -0.4 is 14.8 Å². The number of H-pyrrole nitrogens is 1. The third-order valence-corrected chi connectivity index (χ3v) is 8.96. The van der Waals surface area contributed by atoms with Gasteiger partial charge in [-0.05, 0) is 59.0 Å². The summed E-state index contributed by atoms with van der Waals surface area (Å²) in [6, 6.07) is 16.2. The number of nitrogens with one attached hydrogen (secondary N) is 3. The lowest BCUT2D eigenvalue weighted by Crippen LogP contribution is -2.41. The first kappa shape index (κ1) is 30.5. The summed E-state index contributed by atoms with van der Waals surface area (Å²) >= 11 is 0. The van der Waals surface area contributed by atoms with Crippen LogP contribution in [0.4, 0.5) is 10.1 Å². The predicted molar refractivity (Wildman–Crippen MR) is 166 cm³/mol. The summed E-state index contributed by atoms with van der Waals surface area (Å²) < 4.78 is 54.5. The topological polar surface area (TPSA) is 113 Å². The van der Waals surface area contributed by atoms with E-state index in [4.69, 9.17) is 9.47 Å². The SMILES string of the molecule is COc1ccc(-c2c(C(=O)NCCN3CCOCC3)[nH]c3ccc(NS(=O)(=O)c4ccc(C(C)(C)C)cc4)cc23)cc1F. The van der Waals surface area contributed by atoms with Crippen LogP contribution in [0.1, 0.15) is 36.8 Å². The van der Waals surface area contributed by atoms with Crippen LogP contribution in [0.2, 0.25) is 0 Å². The third kappa shape index (κ3) is 6.84. The zero-order valence-corrected chi connectivity index (χ0v) is 25.6. The Kier molecular flexibility index (Phi) is 8.77. The average molecular weight is 609 g/mol. The smallest absolute Gasteiger partial charge is 0.268 e. The molecule has 3 aromatic carbocycles. The first-order chi connectivity index (χ1) is 20.5. The Morgan fingerprint density at radius 3 is 2.42 bits per heavy atom. The first-order valence-corrected chi connectivity index (χ1v) is 15.7. The third-order valence-electron chi connectivity index (χ3n) is 7.57. The fourth-order valence-electron chi connectivity index (χ4n) is 5.14. The Labute approximate surface area is 251 Å². The molecule has 11 heteroatoms. The molecule has 3 N–H and O–H groups in total. The Bertz CT molecular complexity index is 1720. The van der Waals surface area contributed by atoms with Gasteiger partial charge >= 0.3 is 0 Å². The Morgan fingerprint density at radius 2 is 1.77 bits per heavy atom. The van der Waals surface area contributed by atoms with Crippen LogP contribution in [-0.4, -0.2) is 70.7 Å². The number of hydrogen-bond acceptors (Lipinski definition) is 6. The van der Waals surface area contributed by atoms with Crippen LogP contribution in [-0.2, 0) is 20.2 Å². The molecule has 2 heterocycles. The number of benzene rings is 3. The number of hydrogen-bond donors (Lipinski definition) is 3. The summed E-state index contributed by atoms with van der Waals surface area (Å²) in [6.07, 6.45) is 0. The summed E-state index contributed by atoms with van der Waals surface area (Å²) in [5.74, 6) is -0.855. The van der Waals surface area contributed by atoms with Crippen molar-refractivity contribution < 1.29 is 27.1 Å². The number of rotatable bonds is 9. The largest absolute Gasteiger partial charge is 0.494 e. The summed E-state index contributed by atoms with van der Waals surface area (Å²) in [4.78, 5) is 18.9. The normalized spacial score (nSPS) is 14.5. The number of anilines is 1. The van der Waals surface area contributed by atoms with Crippen molar-refractivity contribution in [1.82, 2.24) is 15.2 Å². The molecule has 9 nitrogen and oxygen atoms in total. The first-order valence-electron chi connectivity index (χ1n) is 14.2. The monoisotopic (exact) mass is 608 g/mol. The van der Waals surface area contributed by atoms with E-state index in [9.17, 15) is 17.6 Å². The van der Waals surface area contributed by atoms with Crippen molar-refractivity contribution in [3.63, 3.8) is 0 Å². The van der Waals surface area contributed by atoms with E-state index < -0.39 is 15.8 Å². The molecule has 0 saturated carbocycles. The highest BCUT2D eigenvalue weighted by Gasteiger charge is 2.23. The molecule has 228 valence electrons. The standard InChI is InChI=1S/C32H37FN4O5S/c1-32(2,3)22-6-9-24(10-7-22)43(39,40)36-23-8-11-27-25(20-23)29(21-5-12-28(41-4)26(33)19-21)30(35-27)31(38)34-13-14-37-15-17-42-18-16-37/h5-12,19-20,35-36H,13-18H2,1-4H3,(H,34,38). The molecule has 1 aliphatic heterocycles. The molecule has 1 amide bonds. The minimum absolute atomic E-state index is 0.0750. The van der Waals surface area contributed by atoms with Crippen LogP contribution in [0.3, 0.4) is 0 Å². The summed E-state index contributed by atoms with van der Waals surface area (Å²) in [5.41, 5.74) is 2.96. The van der Waals surface area contributed by atoms with Crippen LogP contribution >= 0.6 is 0 Å². The van der Waals surface area contributed by atoms with Crippen molar-refractivity contribution in [2.75, 3.05) is 51.2 Å². The van der Waals surface area contributed by atoms with E-state index in [1.54, 1.807) is 36.4 Å². The molecule has 1 fully saturated rings. The number of nitrogens with zero attached hydrogens (tertiary/aromatic N) is 1. The zero-order chi connectivity index (χ0) is 30.8. The lowest BCUT2D eigenvalue weighted by molar-refractivity contribution is 0.0383.